The lowest BCUT2D eigenvalue weighted by Crippen LogP contribution is -2.21. The topological polar surface area (TPSA) is 73.9 Å². The van der Waals surface area contributed by atoms with Crippen LogP contribution in [0.1, 0.15) is 29.5 Å². The summed E-state index contributed by atoms with van der Waals surface area (Å²) in [6.45, 7) is 3.33. The van der Waals surface area contributed by atoms with Crippen LogP contribution in [0.3, 0.4) is 0 Å². The molecule has 1 unspecified atom stereocenters. The van der Waals surface area contributed by atoms with Gasteiger partial charge in [0.1, 0.15) is 5.58 Å². The molecule has 20 heavy (non-hydrogen) atoms. The number of furan rings is 1. The molecule has 5 nitrogen and oxygen atoms in total. The Morgan fingerprint density at radius 2 is 2.15 bits per heavy atom. The van der Waals surface area contributed by atoms with Gasteiger partial charge in [0.2, 0.25) is 5.76 Å². The van der Waals surface area contributed by atoms with E-state index >= 15 is 0 Å². The molecular formula is C15H19NO4. The zero-order valence-electron chi connectivity index (χ0n) is 11.7. The van der Waals surface area contributed by atoms with Crippen LogP contribution in [0.25, 0.3) is 11.0 Å². The van der Waals surface area contributed by atoms with Gasteiger partial charge in [-0.2, -0.15) is 0 Å². The van der Waals surface area contributed by atoms with Gasteiger partial charge in [-0.15, -0.1) is 0 Å². The van der Waals surface area contributed by atoms with E-state index in [0.717, 1.165) is 30.5 Å². The second kappa shape index (κ2) is 6.07. The van der Waals surface area contributed by atoms with E-state index < -0.39 is 5.97 Å². The summed E-state index contributed by atoms with van der Waals surface area (Å²) in [5.41, 5.74) is 1.67. The SMILES string of the molecule is CC(O)CCN(C)Cc1ccc2oc(C(=O)O)cc2c1. The lowest BCUT2D eigenvalue weighted by Gasteiger charge is -2.17. The first kappa shape index (κ1) is 14.6. The lowest BCUT2D eigenvalue weighted by atomic mass is 10.1. The van der Waals surface area contributed by atoms with Crippen LogP contribution in [0, 0.1) is 0 Å². The number of fused-ring (bicyclic) bond motifs is 1. The average molecular weight is 277 g/mol. The maximum absolute atomic E-state index is 10.9. The van der Waals surface area contributed by atoms with Crippen molar-refractivity contribution in [3.63, 3.8) is 0 Å². The predicted octanol–water partition coefficient (Wildman–Crippen LogP) is 2.33. The Kier molecular flexibility index (Phi) is 4.42. The third kappa shape index (κ3) is 3.59. The van der Waals surface area contributed by atoms with Gasteiger partial charge in [0.25, 0.3) is 0 Å². The summed E-state index contributed by atoms with van der Waals surface area (Å²) in [6, 6.07) is 7.19. The second-order valence-electron chi connectivity index (χ2n) is 5.16. The Balaban J connectivity index is 2.09. The molecule has 2 rings (SSSR count). The quantitative estimate of drug-likeness (QED) is 0.847. The van der Waals surface area contributed by atoms with Gasteiger partial charge in [0.15, 0.2) is 0 Å². The minimum absolute atomic E-state index is 0.0420. The van der Waals surface area contributed by atoms with Crippen LogP contribution in [0.15, 0.2) is 28.7 Å². The van der Waals surface area contributed by atoms with E-state index in [4.69, 9.17) is 9.52 Å². The standard InChI is InChI=1S/C15H19NO4/c1-10(17)5-6-16(2)9-11-3-4-13-12(7-11)8-14(20-13)15(18)19/h3-4,7-8,10,17H,5-6,9H2,1-2H3,(H,18,19). The fourth-order valence-corrected chi connectivity index (χ4v) is 2.09. The molecule has 0 radical (unpaired) electrons. The molecule has 5 heteroatoms. The third-order valence-electron chi connectivity index (χ3n) is 3.17. The summed E-state index contributed by atoms with van der Waals surface area (Å²) in [6.07, 6.45) is 0.431. The molecule has 0 amide bonds. The van der Waals surface area contributed by atoms with E-state index in [1.165, 1.54) is 6.07 Å². The van der Waals surface area contributed by atoms with Gasteiger partial charge < -0.3 is 19.5 Å². The van der Waals surface area contributed by atoms with Crippen molar-refractivity contribution in [2.75, 3.05) is 13.6 Å². The molecule has 2 N–H and O–H groups in total. The van der Waals surface area contributed by atoms with Crippen molar-refractivity contribution in [2.45, 2.75) is 26.0 Å². The van der Waals surface area contributed by atoms with Gasteiger partial charge in [-0.1, -0.05) is 6.07 Å². The summed E-state index contributed by atoms with van der Waals surface area (Å²) in [7, 11) is 1.99. The highest BCUT2D eigenvalue weighted by Gasteiger charge is 2.11. The largest absolute Gasteiger partial charge is 0.475 e. The fraction of sp³-hybridized carbons (Fsp3) is 0.400. The summed E-state index contributed by atoms with van der Waals surface area (Å²) >= 11 is 0. The minimum Gasteiger partial charge on any atom is -0.475 e. The van der Waals surface area contributed by atoms with Crippen LogP contribution in [-0.4, -0.2) is 40.8 Å². The molecule has 1 aromatic carbocycles. The van der Waals surface area contributed by atoms with E-state index in [-0.39, 0.29) is 11.9 Å². The fourth-order valence-electron chi connectivity index (χ4n) is 2.09. The molecule has 108 valence electrons. The number of hydrogen-bond donors (Lipinski definition) is 2. The molecule has 0 spiro atoms. The summed E-state index contributed by atoms with van der Waals surface area (Å²) in [5, 5.41) is 19.0. The van der Waals surface area contributed by atoms with E-state index in [1.54, 1.807) is 13.0 Å². The van der Waals surface area contributed by atoms with Crippen molar-refractivity contribution >= 4 is 16.9 Å². The first-order chi connectivity index (χ1) is 9.45. The van der Waals surface area contributed by atoms with Crippen molar-refractivity contribution in [2.24, 2.45) is 0 Å². The minimum atomic E-state index is -1.06. The Hall–Kier alpha value is -1.85. The van der Waals surface area contributed by atoms with Crippen LogP contribution in [0.2, 0.25) is 0 Å². The molecule has 1 atom stereocenters. The highest BCUT2D eigenvalue weighted by Crippen LogP contribution is 2.21. The Bertz CT molecular complexity index is 603. The highest BCUT2D eigenvalue weighted by atomic mass is 16.4. The Labute approximate surface area is 117 Å². The Morgan fingerprint density at radius 3 is 2.80 bits per heavy atom. The number of carboxylic acid groups (broad SMARTS) is 1. The number of carboxylic acids is 1. The van der Waals surface area contributed by atoms with Crippen LogP contribution >= 0.6 is 0 Å². The predicted molar refractivity (Wildman–Crippen MR) is 75.8 cm³/mol. The zero-order chi connectivity index (χ0) is 14.7. The van der Waals surface area contributed by atoms with Crippen LogP contribution in [-0.2, 0) is 6.54 Å². The average Bonchev–Trinajstić information content (AvgIpc) is 2.79. The van der Waals surface area contributed by atoms with Gasteiger partial charge in [-0.25, -0.2) is 4.79 Å². The van der Waals surface area contributed by atoms with Crippen molar-refractivity contribution in [1.29, 1.82) is 0 Å². The summed E-state index contributed by atoms with van der Waals surface area (Å²) < 4.78 is 5.22. The molecule has 0 saturated carbocycles. The maximum Gasteiger partial charge on any atom is 0.371 e. The van der Waals surface area contributed by atoms with Crippen LogP contribution in [0.4, 0.5) is 0 Å². The number of nitrogens with zero attached hydrogens (tertiary/aromatic N) is 1. The van der Waals surface area contributed by atoms with E-state index in [1.807, 2.05) is 19.2 Å². The number of hydrogen-bond acceptors (Lipinski definition) is 4. The van der Waals surface area contributed by atoms with Crippen molar-refractivity contribution in [3.05, 3.63) is 35.6 Å². The normalized spacial score (nSPS) is 13.0. The van der Waals surface area contributed by atoms with Gasteiger partial charge in [0, 0.05) is 18.5 Å². The molecule has 0 saturated heterocycles. The molecule has 0 aliphatic rings. The number of benzene rings is 1. The maximum atomic E-state index is 10.9. The number of aliphatic hydroxyl groups is 1. The van der Waals surface area contributed by atoms with Gasteiger partial charge >= 0.3 is 5.97 Å². The Morgan fingerprint density at radius 1 is 1.40 bits per heavy atom. The van der Waals surface area contributed by atoms with Gasteiger partial charge in [-0.05, 0) is 44.2 Å². The number of carbonyl (C=O) groups is 1. The molecule has 2 aromatic rings. The van der Waals surface area contributed by atoms with Crippen molar-refractivity contribution in [1.82, 2.24) is 4.90 Å². The number of rotatable bonds is 6. The van der Waals surface area contributed by atoms with Gasteiger partial charge in [0.05, 0.1) is 6.10 Å². The smallest absolute Gasteiger partial charge is 0.371 e. The third-order valence-corrected chi connectivity index (χ3v) is 3.17. The van der Waals surface area contributed by atoms with Crippen LogP contribution in [0.5, 0.6) is 0 Å². The molecule has 1 heterocycles. The number of aliphatic hydroxyl groups excluding tert-OH is 1. The van der Waals surface area contributed by atoms with Crippen LogP contribution < -0.4 is 0 Å². The van der Waals surface area contributed by atoms with Crippen molar-refractivity contribution in [3.8, 4) is 0 Å². The first-order valence-electron chi connectivity index (χ1n) is 6.58. The van der Waals surface area contributed by atoms with E-state index in [9.17, 15) is 9.90 Å². The number of aromatic carboxylic acids is 1. The molecule has 1 aromatic heterocycles. The molecule has 0 fully saturated rings. The van der Waals surface area contributed by atoms with E-state index in [0.29, 0.717) is 5.58 Å². The molecule has 0 aliphatic carbocycles. The first-order valence-corrected chi connectivity index (χ1v) is 6.58. The summed E-state index contributed by atoms with van der Waals surface area (Å²) in [5.74, 6) is -1.10. The highest BCUT2D eigenvalue weighted by molar-refractivity contribution is 5.91. The van der Waals surface area contributed by atoms with Crippen molar-refractivity contribution < 1.29 is 19.4 Å². The zero-order valence-corrected chi connectivity index (χ0v) is 11.7. The molecule has 0 aliphatic heterocycles. The summed E-state index contributed by atoms with van der Waals surface area (Å²) in [4.78, 5) is 13.0. The molecular weight excluding hydrogens is 258 g/mol. The van der Waals surface area contributed by atoms with Gasteiger partial charge in [-0.3, -0.25) is 0 Å². The second-order valence-corrected chi connectivity index (χ2v) is 5.16. The lowest BCUT2D eigenvalue weighted by molar-refractivity contribution is 0.0665. The monoisotopic (exact) mass is 277 g/mol. The molecule has 0 bridgehead atoms. The van der Waals surface area contributed by atoms with E-state index in [2.05, 4.69) is 4.90 Å².